The first kappa shape index (κ1) is 32.9. The highest BCUT2D eigenvalue weighted by Gasteiger charge is 2.69. The summed E-state index contributed by atoms with van der Waals surface area (Å²) in [5.74, 6) is 3.19. The first-order valence-electron chi connectivity index (χ1n) is 18.4. The molecule has 6 nitrogen and oxygen atoms in total. The summed E-state index contributed by atoms with van der Waals surface area (Å²) in [6.45, 7) is 18.0. The SMILES string of the molecule is COc1ccccc1-c1cc(CNC(=O)[C@]23CCC(C)(C)C[C@H]2C2=CCC4[C@@]5(C)CC[C@H](N)C(C)(C)C5CC[C@@]4(C)[C@]2(C)CC3)on1. The second kappa shape index (κ2) is 11.0. The van der Waals surface area contributed by atoms with Crippen LogP contribution in [0.5, 0.6) is 5.75 Å². The second-order valence-electron chi connectivity index (χ2n) is 18.4. The van der Waals surface area contributed by atoms with Crippen LogP contribution in [-0.2, 0) is 11.3 Å². The summed E-state index contributed by atoms with van der Waals surface area (Å²) in [4.78, 5) is 14.6. The van der Waals surface area contributed by atoms with E-state index in [1.807, 2.05) is 30.3 Å². The van der Waals surface area contributed by atoms with Gasteiger partial charge in [-0.3, -0.25) is 4.79 Å². The number of aromatic nitrogens is 1. The van der Waals surface area contributed by atoms with Crippen LogP contribution in [0.3, 0.4) is 0 Å². The van der Waals surface area contributed by atoms with Gasteiger partial charge in [0.1, 0.15) is 11.4 Å². The Bertz CT molecular complexity index is 1570. The molecule has 5 aliphatic rings. The first-order chi connectivity index (χ1) is 22.1. The molecule has 256 valence electrons. The minimum Gasteiger partial charge on any atom is -0.496 e. The number of hydrogen-bond acceptors (Lipinski definition) is 5. The lowest BCUT2D eigenvalue weighted by Gasteiger charge is -2.71. The summed E-state index contributed by atoms with van der Waals surface area (Å²) >= 11 is 0. The van der Waals surface area contributed by atoms with E-state index in [0.29, 0.717) is 35.6 Å². The number of para-hydroxylation sites is 1. The highest BCUT2D eigenvalue weighted by molar-refractivity contribution is 5.84. The van der Waals surface area contributed by atoms with Gasteiger partial charge in [-0.05, 0) is 121 Å². The molecule has 2 aromatic rings. The Balaban J connectivity index is 1.18. The van der Waals surface area contributed by atoms with Crippen LogP contribution in [0.15, 0.2) is 46.5 Å². The Morgan fingerprint density at radius 1 is 0.979 bits per heavy atom. The van der Waals surface area contributed by atoms with E-state index in [1.165, 1.54) is 19.3 Å². The van der Waals surface area contributed by atoms with E-state index in [9.17, 15) is 4.79 Å². The van der Waals surface area contributed by atoms with E-state index in [4.69, 9.17) is 15.0 Å². The van der Waals surface area contributed by atoms with Gasteiger partial charge in [-0.15, -0.1) is 0 Å². The zero-order valence-electron chi connectivity index (χ0n) is 30.3. The van der Waals surface area contributed by atoms with E-state index in [0.717, 1.165) is 62.0 Å². The van der Waals surface area contributed by atoms with E-state index in [2.05, 4.69) is 65.0 Å². The van der Waals surface area contributed by atoms with Crippen LogP contribution in [0.2, 0.25) is 0 Å². The van der Waals surface area contributed by atoms with E-state index >= 15 is 0 Å². The number of carbonyl (C=O) groups excluding carboxylic acids is 1. The van der Waals surface area contributed by atoms with Crippen LogP contribution in [0.4, 0.5) is 0 Å². The van der Waals surface area contributed by atoms with Crippen LogP contribution in [0, 0.1) is 50.2 Å². The van der Waals surface area contributed by atoms with Gasteiger partial charge in [-0.25, -0.2) is 0 Å². The third-order valence-electron chi connectivity index (χ3n) is 15.6. The molecule has 6 heteroatoms. The Hall–Kier alpha value is -2.60. The Labute approximate surface area is 283 Å². The molecule has 1 amide bonds. The number of hydrogen-bond donors (Lipinski definition) is 2. The molecule has 47 heavy (non-hydrogen) atoms. The van der Waals surface area contributed by atoms with Gasteiger partial charge in [0.05, 0.1) is 19.1 Å². The normalized spacial score (nSPS) is 40.1. The van der Waals surface area contributed by atoms with Crippen molar-refractivity contribution in [3.8, 4) is 17.0 Å². The van der Waals surface area contributed by atoms with Crippen LogP contribution in [0.1, 0.15) is 118 Å². The monoisotopic (exact) mass is 641 g/mol. The van der Waals surface area contributed by atoms with Crippen LogP contribution >= 0.6 is 0 Å². The summed E-state index contributed by atoms with van der Waals surface area (Å²) in [6, 6.07) is 10.0. The van der Waals surface area contributed by atoms with Crippen molar-refractivity contribution in [3.05, 3.63) is 47.7 Å². The molecule has 7 rings (SSSR count). The molecule has 3 N–H and O–H groups in total. The van der Waals surface area contributed by atoms with Crippen LogP contribution in [0.25, 0.3) is 11.3 Å². The average molecular weight is 642 g/mol. The summed E-state index contributed by atoms with van der Waals surface area (Å²) in [7, 11) is 1.66. The molecule has 5 aliphatic carbocycles. The van der Waals surface area contributed by atoms with Crippen LogP contribution < -0.4 is 15.8 Å². The number of nitrogens with one attached hydrogen (secondary N) is 1. The zero-order valence-corrected chi connectivity index (χ0v) is 30.3. The third kappa shape index (κ3) is 4.73. The highest BCUT2D eigenvalue weighted by atomic mass is 16.5. The Morgan fingerprint density at radius 2 is 1.72 bits per heavy atom. The maximum absolute atomic E-state index is 14.6. The number of ether oxygens (including phenoxy) is 1. The van der Waals surface area contributed by atoms with Crippen LogP contribution in [-0.4, -0.2) is 24.2 Å². The molecule has 0 saturated heterocycles. The van der Waals surface area contributed by atoms with Crippen molar-refractivity contribution >= 4 is 5.91 Å². The fourth-order valence-corrected chi connectivity index (χ4v) is 12.4. The van der Waals surface area contributed by atoms with Crippen molar-refractivity contribution in [2.75, 3.05) is 7.11 Å². The molecular weight excluding hydrogens is 582 g/mol. The number of nitrogens with two attached hydrogens (primary N) is 1. The van der Waals surface area contributed by atoms with Crippen molar-refractivity contribution in [1.82, 2.24) is 10.5 Å². The van der Waals surface area contributed by atoms with Gasteiger partial charge in [-0.2, -0.15) is 0 Å². The van der Waals surface area contributed by atoms with Gasteiger partial charge in [0.2, 0.25) is 5.91 Å². The number of methoxy groups -OCH3 is 1. The predicted octanol–water partition coefficient (Wildman–Crippen LogP) is 9.10. The van der Waals surface area contributed by atoms with Crippen molar-refractivity contribution < 1.29 is 14.1 Å². The molecule has 4 saturated carbocycles. The molecule has 8 atom stereocenters. The molecule has 4 fully saturated rings. The van der Waals surface area contributed by atoms with Gasteiger partial charge in [0.15, 0.2) is 5.76 Å². The molecule has 0 bridgehead atoms. The van der Waals surface area contributed by atoms with E-state index < -0.39 is 0 Å². The van der Waals surface area contributed by atoms with Gasteiger partial charge in [-0.1, -0.05) is 77.4 Å². The van der Waals surface area contributed by atoms with Gasteiger partial charge in [0, 0.05) is 17.7 Å². The molecule has 1 aromatic heterocycles. The minimum atomic E-state index is -0.379. The largest absolute Gasteiger partial charge is 0.496 e. The maximum atomic E-state index is 14.6. The third-order valence-corrected chi connectivity index (χ3v) is 15.6. The minimum absolute atomic E-state index is 0.101. The quantitative estimate of drug-likeness (QED) is 0.318. The molecule has 2 unspecified atom stereocenters. The first-order valence-corrected chi connectivity index (χ1v) is 18.4. The average Bonchev–Trinajstić information content (AvgIpc) is 3.51. The lowest BCUT2D eigenvalue weighted by molar-refractivity contribution is -0.186. The van der Waals surface area contributed by atoms with Crippen molar-refractivity contribution in [3.63, 3.8) is 0 Å². The molecule has 1 heterocycles. The molecule has 1 aromatic carbocycles. The summed E-state index contributed by atoms with van der Waals surface area (Å²) in [5.41, 5.74) is 10.6. The fraction of sp³-hybridized carbons (Fsp3) is 0.707. The van der Waals surface area contributed by atoms with Gasteiger partial charge < -0.3 is 20.3 Å². The smallest absolute Gasteiger partial charge is 0.227 e. The van der Waals surface area contributed by atoms with Crippen molar-refractivity contribution in [1.29, 1.82) is 0 Å². The highest BCUT2D eigenvalue weighted by Crippen LogP contribution is 2.75. The molecular formula is C41H59N3O3. The lowest BCUT2D eigenvalue weighted by Crippen LogP contribution is -2.66. The number of rotatable bonds is 5. The summed E-state index contributed by atoms with van der Waals surface area (Å²) in [6.07, 6.45) is 13.8. The van der Waals surface area contributed by atoms with Gasteiger partial charge in [0.25, 0.3) is 0 Å². The number of fused-ring (bicyclic) bond motifs is 7. The molecule has 0 radical (unpaired) electrons. The maximum Gasteiger partial charge on any atom is 0.227 e. The topological polar surface area (TPSA) is 90.4 Å². The summed E-state index contributed by atoms with van der Waals surface area (Å²) < 4.78 is 11.3. The number of carbonyl (C=O) groups is 1. The lowest BCUT2D eigenvalue weighted by atomic mass is 9.33. The Kier molecular flexibility index (Phi) is 7.67. The number of nitrogens with zero attached hydrogens (tertiary/aromatic N) is 1. The second-order valence-corrected chi connectivity index (χ2v) is 18.4. The fourth-order valence-electron chi connectivity index (χ4n) is 12.4. The summed E-state index contributed by atoms with van der Waals surface area (Å²) in [5, 5.41) is 7.68. The molecule has 0 aliphatic heterocycles. The number of amides is 1. The Morgan fingerprint density at radius 3 is 2.49 bits per heavy atom. The standard InChI is InChI=1S/C41H59N3O3/c1-36(2)19-21-41(35(45)43-25-26-23-30(44-47-26)27-11-9-10-12-31(27)46-8)22-20-39(6)28(29(41)24-36)13-14-33-38(5)17-16-34(42)37(3,4)32(38)15-18-40(33,39)7/h9-13,23,29,32-34H,14-22,24-25,42H2,1-8H3,(H,43,45)/t29-,32?,33?,34-,38-,39+,40+,41-/m0/s1. The predicted molar refractivity (Wildman–Crippen MR) is 187 cm³/mol. The number of benzene rings is 1. The molecule has 0 spiro atoms. The van der Waals surface area contributed by atoms with Gasteiger partial charge >= 0.3 is 0 Å². The van der Waals surface area contributed by atoms with Crippen molar-refractivity contribution in [2.24, 2.45) is 56.0 Å². The number of allylic oxidation sites excluding steroid dienone is 2. The van der Waals surface area contributed by atoms with E-state index in [-0.39, 0.29) is 38.9 Å². The van der Waals surface area contributed by atoms with E-state index in [1.54, 1.807) is 12.7 Å². The zero-order chi connectivity index (χ0) is 33.6. The van der Waals surface area contributed by atoms with Crippen molar-refractivity contribution in [2.45, 2.75) is 125 Å².